The smallest absolute Gasteiger partial charge is 0.116 e. The minimum atomic E-state index is -1.02. The molecule has 6 N–H and O–H groups in total. The van der Waals surface area contributed by atoms with Crippen molar-refractivity contribution < 1.29 is 0 Å². The molecule has 0 bridgehead atoms. The largest absolute Gasteiger partial charge is 0.301 e. The second-order valence-electron chi connectivity index (χ2n) is 1.94. The predicted octanol–water partition coefficient (Wildman–Crippen LogP) is -0.517. The van der Waals surface area contributed by atoms with Gasteiger partial charge in [0, 0.05) is 0 Å². The molecular weight excluding hydrogens is 102 g/mol. The molecule has 0 rings (SSSR count). The number of rotatable bonds is 3. The Morgan fingerprint density at radius 1 is 1.38 bits per heavy atom. The van der Waals surface area contributed by atoms with Crippen LogP contribution in [0.25, 0.3) is 0 Å². The average molecular weight is 115 g/mol. The second-order valence-corrected chi connectivity index (χ2v) is 1.94. The summed E-state index contributed by atoms with van der Waals surface area (Å²) < 4.78 is 0. The number of nitrogens with two attached hydrogens (primary N) is 3. The minimum Gasteiger partial charge on any atom is -0.301 e. The molecule has 0 aliphatic rings. The van der Waals surface area contributed by atoms with E-state index in [4.69, 9.17) is 17.2 Å². The van der Waals surface area contributed by atoms with Gasteiger partial charge in [-0.25, -0.2) is 0 Å². The van der Waals surface area contributed by atoms with E-state index in [0.717, 1.165) is 6.42 Å². The van der Waals surface area contributed by atoms with Crippen LogP contribution >= 0.6 is 0 Å². The van der Waals surface area contributed by atoms with Crippen molar-refractivity contribution in [1.29, 1.82) is 0 Å². The number of hydrogen-bond acceptors (Lipinski definition) is 3. The maximum absolute atomic E-state index is 5.23. The lowest BCUT2D eigenvalue weighted by Gasteiger charge is -2.16. The molecule has 0 radical (unpaired) electrons. The molecular formula is C5H13N3. The summed E-state index contributed by atoms with van der Waals surface area (Å²) in [5.74, 6) is -1.02. The van der Waals surface area contributed by atoms with E-state index in [9.17, 15) is 0 Å². The molecule has 0 aromatic carbocycles. The van der Waals surface area contributed by atoms with E-state index in [1.807, 2.05) is 0 Å². The standard InChI is InChI=1S/C5H13N3/c1-2-3-4-5(6,7)8/h2H,1,3-4,6-8H2. The van der Waals surface area contributed by atoms with Crippen molar-refractivity contribution in [3.05, 3.63) is 12.7 Å². The molecule has 0 aliphatic heterocycles. The lowest BCUT2D eigenvalue weighted by molar-refractivity contribution is 0.429. The Hall–Kier alpha value is -0.380. The molecule has 0 amide bonds. The summed E-state index contributed by atoms with van der Waals surface area (Å²) in [6.45, 7) is 3.50. The van der Waals surface area contributed by atoms with E-state index in [-0.39, 0.29) is 0 Å². The molecule has 48 valence electrons. The fourth-order valence-electron chi connectivity index (χ4n) is 0.352. The molecule has 0 aromatic heterocycles. The molecule has 0 spiro atoms. The highest BCUT2D eigenvalue weighted by Crippen LogP contribution is 1.93. The van der Waals surface area contributed by atoms with E-state index in [0.29, 0.717) is 6.42 Å². The zero-order valence-corrected chi connectivity index (χ0v) is 4.93. The molecule has 0 aromatic rings. The fraction of sp³-hybridized carbons (Fsp3) is 0.600. The summed E-state index contributed by atoms with van der Waals surface area (Å²) in [5.41, 5.74) is 15.7. The Morgan fingerprint density at radius 2 is 1.88 bits per heavy atom. The zero-order valence-electron chi connectivity index (χ0n) is 4.93. The van der Waals surface area contributed by atoms with Crippen molar-refractivity contribution in [1.82, 2.24) is 0 Å². The average Bonchev–Trinajstić information content (AvgIpc) is 1.59. The van der Waals surface area contributed by atoms with E-state index in [2.05, 4.69) is 6.58 Å². The second kappa shape index (κ2) is 2.81. The van der Waals surface area contributed by atoms with E-state index < -0.39 is 5.79 Å². The van der Waals surface area contributed by atoms with Crippen molar-refractivity contribution in [3.63, 3.8) is 0 Å². The van der Waals surface area contributed by atoms with Gasteiger partial charge in [-0.15, -0.1) is 6.58 Å². The summed E-state index contributed by atoms with van der Waals surface area (Å²) in [7, 11) is 0. The first kappa shape index (κ1) is 7.62. The van der Waals surface area contributed by atoms with Crippen molar-refractivity contribution in [2.45, 2.75) is 18.6 Å². The van der Waals surface area contributed by atoms with Crippen LogP contribution in [0.4, 0.5) is 0 Å². The molecule has 0 heterocycles. The van der Waals surface area contributed by atoms with Crippen LogP contribution in [0.3, 0.4) is 0 Å². The highest BCUT2D eigenvalue weighted by molar-refractivity contribution is 4.74. The van der Waals surface area contributed by atoms with E-state index in [1.54, 1.807) is 6.08 Å². The Kier molecular flexibility index (Phi) is 2.68. The van der Waals surface area contributed by atoms with Crippen LogP contribution in [0.5, 0.6) is 0 Å². The molecule has 8 heavy (non-hydrogen) atoms. The zero-order chi connectivity index (χ0) is 6.62. The van der Waals surface area contributed by atoms with Crippen LogP contribution < -0.4 is 17.2 Å². The van der Waals surface area contributed by atoms with Crippen molar-refractivity contribution in [3.8, 4) is 0 Å². The van der Waals surface area contributed by atoms with Crippen LogP contribution in [0.1, 0.15) is 12.8 Å². The Bertz CT molecular complexity index is 72.2. The quantitative estimate of drug-likeness (QED) is 0.342. The molecule has 0 atom stereocenters. The SMILES string of the molecule is C=CCCC(N)(N)N. The monoisotopic (exact) mass is 115 g/mol. The topological polar surface area (TPSA) is 78.1 Å². The first-order valence-corrected chi connectivity index (χ1v) is 2.54. The van der Waals surface area contributed by atoms with Gasteiger partial charge in [0.15, 0.2) is 0 Å². The Labute approximate surface area is 49.5 Å². The van der Waals surface area contributed by atoms with Crippen molar-refractivity contribution in [2.75, 3.05) is 0 Å². The van der Waals surface area contributed by atoms with Crippen LogP contribution in [0.2, 0.25) is 0 Å². The van der Waals surface area contributed by atoms with Crippen molar-refractivity contribution >= 4 is 0 Å². The maximum atomic E-state index is 5.23. The summed E-state index contributed by atoms with van der Waals surface area (Å²) in [6, 6.07) is 0. The van der Waals surface area contributed by atoms with Gasteiger partial charge in [-0.05, 0) is 12.8 Å². The van der Waals surface area contributed by atoms with Crippen LogP contribution in [0, 0.1) is 0 Å². The Morgan fingerprint density at radius 3 is 2.00 bits per heavy atom. The third-order valence-corrected chi connectivity index (χ3v) is 0.781. The van der Waals surface area contributed by atoms with Gasteiger partial charge in [-0.3, -0.25) is 0 Å². The highest BCUT2D eigenvalue weighted by atomic mass is 15.1. The third kappa shape index (κ3) is 5.62. The normalized spacial score (nSPS) is 11.4. The van der Waals surface area contributed by atoms with E-state index >= 15 is 0 Å². The number of allylic oxidation sites excluding steroid dienone is 1. The Balaban J connectivity index is 3.24. The van der Waals surface area contributed by atoms with Gasteiger partial charge in [-0.2, -0.15) is 0 Å². The molecule has 0 saturated heterocycles. The molecule has 0 saturated carbocycles. The van der Waals surface area contributed by atoms with Gasteiger partial charge in [0.25, 0.3) is 0 Å². The fourth-order valence-corrected chi connectivity index (χ4v) is 0.352. The van der Waals surface area contributed by atoms with Gasteiger partial charge in [0.2, 0.25) is 0 Å². The summed E-state index contributed by atoms with van der Waals surface area (Å²) in [5, 5.41) is 0. The molecule has 0 fully saturated rings. The highest BCUT2D eigenvalue weighted by Gasteiger charge is 2.07. The first-order valence-electron chi connectivity index (χ1n) is 2.54. The summed E-state index contributed by atoms with van der Waals surface area (Å²) in [4.78, 5) is 0. The third-order valence-electron chi connectivity index (χ3n) is 0.781. The van der Waals surface area contributed by atoms with Crippen LogP contribution in [-0.2, 0) is 0 Å². The van der Waals surface area contributed by atoms with Gasteiger partial charge in [0.1, 0.15) is 5.79 Å². The maximum Gasteiger partial charge on any atom is 0.116 e. The summed E-state index contributed by atoms with van der Waals surface area (Å²) >= 11 is 0. The van der Waals surface area contributed by atoms with Crippen molar-refractivity contribution in [2.24, 2.45) is 17.2 Å². The predicted molar refractivity (Wildman–Crippen MR) is 34.7 cm³/mol. The van der Waals surface area contributed by atoms with Gasteiger partial charge in [0.05, 0.1) is 0 Å². The molecule has 3 nitrogen and oxygen atoms in total. The number of hydrogen-bond donors (Lipinski definition) is 3. The van der Waals surface area contributed by atoms with Crippen LogP contribution in [0.15, 0.2) is 12.7 Å². The van der Waals surface area contributed by atoms with Crippen LogP contribution in [-0.4, -0.2) is 5.79 Å². The lowest BCUT2D eigenvalue weighted by Crippen LogP contribution is -2.57. The summed E-state index contributed by atoms with van der Waals surface area (Å²) in [6.07, 6.45) is 3.08. The lowest BCUT2D eigenvalue weighted by atomic mass is 10.2. The minimum absolute atomic E-state index is 0.580. The molecule has 0 aliphatic carbocycles. The molecule has 3 heteroatoms. The first-order chi connectivity index (χ1) is 3.56. The molecule has 0 unspecified atom stereocenters. The van der Waals surface area contributed by atoms with E-state index in [1.165, 1.54) is 0 Å². The van der Waals surface area contributed by atoms with Gasteiger partial charge >= 0.3 is 0 Å². The van der Waals surface area contributed by atoms with Gasteiger partial charge in [-0.1, -0.05) is 6.08 Å². The van der Waals surface area contributed by atoms with Gasteiger partial charge < -0.3 is 17.2 Å².